The number of fused-ring (bicyclic) bond motifs is 1. The summed E-state index contributed by atoms with van der Waals surface area (Å²) in [6.07, 6.45) is 2.12. The van der Waals surface area contributed by atoms with Crippen LogP contribution >= 0.6 is 0 Å². The molecule has 0 spiro atoms. The molecule has 2 amide bonds. The van der Waals surface area contributed by atoms with Gasteiger partial charge < -0.3 is 10.2 Å². The number of imide groups is 1. The number of aliphatic hydroxyl groups is 1. The summed E-state index contributed by atoms with van der Waals surface area (Å²) < 4.78 is 0. The number of aliphatic carboxylic acids is 1. The van der Waals surface area contributed by atoms with Crippen LogP contribution in [0.5, 0.6) is 0 Å². The minimum atomic E-state index is -1.93. The van der Waals surface area contributed by atoms with E-state index in [4.69, 9.17) is 0 Å². The number of carbonyl (C=O) groups excluding carboxylic acids is 2. The number of rotatable bonds is 4. The van der Waals surface area contributed by atoms with E-state index in [0.29, 0.717) is 0 Å². The number of hydrogen-bond acceptors (Lipinski definition) is 5. The molecule has 28 heavy (non-hydrogen) atoms. The smallest absolute Gasteiger partial charge is 0.327 e. The average Bonchev–Trinajstić information content (AvgIpc) is 3.08. The SMILES string of the molecule is CC(O)C1(C(=O)O)NC(/C=C/c2ccccc2)C2C(=O)N(C(C)(C)C)C(=O)C21. The summed E-state index contributed by atoms with van der Waals surface area (Å²) in [5, 5.41) is 23.2. The molecule has 2 saturated heterocycles. The predicted molar refractivity (Wildman–Crippen MR) is 103 cm³/mol. The van der Waals surface area contributed by atoms with Gasteiger partial charge in [0.05, 0.1) is 17.9 Å². The van der Waals surface area contributed by atoms with E-state index < -0.39 is 52.8 Å². The van der Waals surface area contributed by atoms with E-state index >= 15 is 0 Å². The van der Waals surface area contributed by atoms with Gasteiger partial charge in [0, 0.05) is 11.6 Å². The third-order valence-corrected chi connectivity index (χ3v) is 5.61. The van der Waals surface area contributed by atoms with Gasteiger partial charge in [-0.1, -0.05) is 42.5 Å². The fourth-order valence-electron chi connectivity index (χ4n) is 4.35. The second-order valence-corrected chi connectivity index (χ2v) is 8.48. The highest BCUT2D eigenvalue weighted by molar-refractivity contribution is 6.10. The molecule has 3 rings (SSSR count). The Morgan fingerprint density at radius 2 is 1.82 bits per heavy atom. The zero-order chi connectivity index (χ0) is 20.9. The fourth-order valence-corrected chi connectivity index (χ4v) is 4.35. The number of likely N-dealkylation sites (tertiary alicyclic amines) is 1. The maximum atomic E-state index is 13.2. The van der Waals surface area contributed by atoms with Crippen molar-refractivity contribution in [3.63, 3.8) is 0 Å². The van der Waals surface area contributed by atoms with Crippen molar-refractivity contribution < 1.29 is 24.6 Å². The summed E-state index contributed by atoms with van der Waals surface area (Å²) in [5.74, 6) is -4.39. The Labute approximate surface area is 164 Å². The number of carboxylic acid groups (broad SMARTS) is 1. The molecule has 7 heteroatoms. The lowest BCUT2D eigenvalue weighted by Gasteiger charge is -2.36. The molecule has 2 aliphatic heterocycles. The summed E-state index contributed by atoms with van der Waals surface area (Å²) in [7, 11) is 0. The van der Waals surface area contributed by atoms with Gasteiger partial charge in [-0.2, -0.15) is 0 Å². The van der Waals surface area contributed by atoms with Crippen LogP contribution in [0.15, 0.2) is 36.4 Å². The first-order valence-corrected chi connectivity index (χ1v) is 9.32. The molecule has 5 atom stereocenters. The van der Waals surface area contributed by atoms with Crippen LogP contribution in [-0.4, -0.2) is 56.1 Å². The number of aliphatic hydroxyl groups excluding tert-OH is 1. The second kappa shape index (κ2) is 6.83. The van der Waals surface area contributed by atoms with Crippen LogP contribution in [0, 0.1) is 11.8 Å². The molecule has 7 nitrogen and oxygen atoms in total. The Balaban J connectivity index is 2.09. The molecule has 2 heterocycles. The van der Waals surface area contributed by atoms with Gasteiger partial charge in [-0.15, -0.1) is 0 Å². The number of carboxylic acids is 1. The molecule has 0 radical (unpaired) electrons. The highest BCUT2D eigenvalue weighted by atomic mass is 16.4. The van der Waals surface area contributed by atoms with Crippen LogP contribution in [0.1, 0.15) is 33.3 Å². The van der Waals surface area contributed by atoms with Crippen molar-refractivity contribution in [2.24, 2.45) is 11.8 Å². The van der Waals surface area contributed by atoms with Crippen LogP contribution < -0.4 is 5.32 Å². The van der Waals surface area contributed by atoms with Gasteiger partial charge in [-0.05, 0) is 33.3 Å². The standard InChI is InChI=1S/C21H26N2O5/c1-12(24)21(19(27)28)16-15(17(25)23(18(16)26)20(2,3)4)14(22-21)11-10-13-8-6-5-7-9-13/h5-12,14-16,22,24H,1-4H3,(H,27,28)/b11-10+. The van der Waals surface area contributed by atoms with Gasteiger partial charge in [0.15, 0.2) is 5.54 Å². The highest BCUT2D eigenvalue weighted by Crippen LogP contribution is 2.47. The van der Waals surface area contributed by atoms with Crippen LogP contribution in [0.3, 0.4) is 0 Å². The van der Waals surface area contributed by atoms with Crippen molar-refractivity contribution in [2.75, 3.05) is 0 Å². The number of carbonyl (C=O) groups is 3. The van der Waals surface area contributed by atoms with E-state index in [0.717, 1.165) is 10.5 Å². The summed E-state index contributed by atoms with van der Waals surface area (Å²) in [4.78, 5) is 39.7. The molecule has 0 aromatic heterocycles. The normalized spacial score (nSPS) is 31.5. The van der Waals surface area contributed by atoms with Gasteiger partial charge >= 0.3 is 5.97 Å². The predicted octanol–water partition coefficient (Wildman–Crippen LogP) is 1.28. The molecule has 0 bridgehead atoms. The number of amides is 2. The molecule has 1 aromatic rings. The number of nitrogens with zero attached hydrogens (tertiary/aromatic N) is 1. The van der Waals surface area contributed by atoms with E-state index in [2.05, 4.69) is 5.32 Å². The largest absolute Gasteiger partial charge is 0.480 e. The Morgan fingerprint density at radius 3 is 2.32 bits per heavy atom. The molecule has 0 saturated carbocycles. The van der Waals surface area contributed by atoms with Crippen molar-refractivity contribution in [1.29, 1.82) is 0 Å². The van der Waals surface area contributed by atoms with Gasteiger partial charge in [0.25, 0.3) is 0 Å². The molecule has 150 valence electrons. The minimum absolute atomic E-state index is 0.415. The fraction of sp³-hybridized carbons (Fsp3) is 0.476. The third-order valence-electron chi connectivity index (χ3n) is 5.61. The summed E-state index contributed by atoms with van der Waals surface area (Å²) in [6, 6.07) is 8.68. The lowest BCUT2D eigenvalue weighted by molar-refractivity contribution is -0.158. The summed E-state index contributed by atoms with van der Waals surface area (Å²) >= 11 is 0. The number of nitrogens with one attached hydrogen (secondary N) is 1. The Kier molecular flexibility index (Phi) is 4.93. The zero-order valence-corrected chi connectivity index (χ0v) is 16.4. The van der Waals surface area contributed by atoms with Crippen molar-refractivity contribution in [3.05, 3.63) is 42.0 Å². The molecule has 2 aliphatic rings. The van der Waals surface area contributed by atoms with Gasteiger partial charge in [0.2, 0.25) is 11.8 Å². The summed E-state index contributed by atoms with van der Waals surface area (Å²) in [5.41, 5.74) is -1.83. The number of benzene rings is 1. The van der Waals surface area contributed by atoms with Crippen molar-refractivity contribution >= 4 is 23.9 Å². The third kappa shape index (κ3) is 2.95. The lowest BCUT2D eigenvalue weighted by Crippen LogP contribution is -2.63. The van der Waals surface area contributed by atoms with Gasteiger partial charge in [-0.25, -0.2) is 0 Å². The monoisotopic (exact) mass is 386 g/mol. The van der Waals surface area contributed by atoms with E-state index in [1.807, 2.05) is 30.3 Å². The molecule has 2 fully saturated rings. The Bertz CT molecular complexity index is 827. The highest BCUT2D eigenvalue weighted by Gasteiger charge is 2.70. The Hall–Kier alpha value is -2.51. The number of hydrogen-bond donors (Lipinski definition) is 3. The van der Waals surface area contributed by atoms with E-state index in [1.54, 1.807) is 32.9 Å². The Morgan fingerprint density at radius 1 is 1.21 bits per heavy atom. The average molecular weight is 386 g/mol. The minimum Gasteiger partial charge on any atom is -0.480 e. The van der Waals surface area contributed by atoms with Gasteiger partial charge in [-0.3, -0.25) is 24.6 Å². The molecule has 5 unspecified atom stereocenters. The summed E-state index contributed by atoms with van der Waals surface area (Å²) in [6.45, 7) is 6.53. The molecule has 1 aromatic carbocycles. The second-order valence-electron chi connectivity index (χ2n) is 8.48. The van der Waals surface area contributed by atoms with Crippen LogP contribution in [0.4, 0.5) is 0 Å². The topological polar surface area (TPSA) is 107 Å². The first kappa shape index (κ1) is 20.2. The first-order chi connectivity index (χ1) is 13.0. The van der Waals surface area contributed by atoms with Crippen molar-refractivity contribution in [3.8, 4) is 0 Å². The quantitative estimate of drug-likeness (QED) is 0.673. The maximum absolute atomic E-state index is 13.2. The lowest BCUT2D eigenvalue weighted by atomic mass is 9.77. The van der Waals surface area contributed by atoms with E-state index in [9.17, 15) is 24.6 Å². The van der Waals surface area contributed by atoms with Crippen LogP contribution in [-0.2, 0) is 14.4 Å². The van der Waals surface area contributed by atoms with Gasteiger partial charge in [0.1, 0.15) is 0 Å². The zero-order valence-electron chi connectivity index (χ0n) is 16.4. The van der Waals surface area contributed by atoms with Crippen LogP contribution in [0.25, 0.3) is 6.08 Å². The van der Waals surface area contributed by atoms with E-state index in [-0.39, 0.29) is 0 Å². The molecular weight excluding hydrogens is 360 g/mol. The van der Waals surface area contributed by atoms with E-state index in [1.165, 1.54) is 6.92 Å². The molecular formula is C21H26N2O5. The molecule has 3 N–H and O–H groups in total. The van der Waals surface area contributed by atoms with Crippen molar-refractivity contribution in [1.82, 2.24) is 10.2 Å². The van der Waals surface area contributed by atoms with Crippen molar-refractivity contribution in [2.45, 2.75) is 50.9 Å². The maximum Gasteiger partial charge on any atom is 0.327 e. The first-order valence-electron chi connectivity index (χ1n) is 9.32. The van der Waals surface area contributed by atoms with Crippen LogP contribution in [0.2, 0.25) is 0 Å². The molecule has 0 aliphatic carbocycles.